The van der Waals surface area contributed by atoms with E-state index in [0.717, 1.165) is 33.5 Å². The first-order valence-electron chi connectivity index (χ1n) is 9.92. The van der Waals surface area contributed by atoms with E-state index in [-0.39, 0.29) is 0 Å². The van der Waals surface area contributed by atoms with Gasteiger partial charge in [-0.1, -0.05) is 48.2 Å². The first kappa shape index (κ1) is 21.8. The van der Waals surface area contributed by atoms with Crippen LogP contribution in [0.3, 0.4) is 0 Å². The predicted octanol–water partition coefficient (Wildman–Crippen LogP) is 5.81. The SMILES string of the molecule is C=C/C=C\C(=C/C)CO/N=C(\C)c1cc(Nc2ncnc3ccccc23)ccc1OC. The molecule has 0 spiro atoms. The number of nitrogens with one attached hydrogen (secondary N) is 1. The van der Waals surface area contributed by atoms with E-state index in [1.807, 2.05) is 74.5 Å². The Kier molecular flexibility index (Phi) is 7.54. The number of hydrogen-bond acceptors (Lipinski definition) is 6. The average Bonchev–Trinajstić information content (AvgIpc) is 2.81. The van der Waals surface area contributed by atoms with Gasteiger partial charge in [-0.3, -0.25) is 0 Å². The lowest BCUT2D eigenvalue weighted by Gasteiger charge is -2.13. The highest BCUT2D eigenvalue weighted by Gasteiger charge is 2.10. The maximum atomic E-state index is 5.55. The number of oxime groups is 1. The van der Waals surface area contributed by atoms with Crippen LogP contribution in [0.1, 0.15) is 19.4 Å². The number of methoxy groups -OCH3 is 1. The van der Waals surface area contributed by atoms with Crippen molar-refractivity contribution in [1.82, 2.24) is 9.97 Å². The van der Waals surface area contributed by atoms with Gasteiger partial charge in [0.2, 0.25) is 0 Å². The van der Waals surface area contributed by atoms with Crippen molar-refractivity contribution in [3.63, 3.8) is 0 Å². The highest BCUT2D eigenvalue weighted by Crippen LogP contribution is 2.27. The summed E-state index contributed by atoms with van der Waals surface area (Å²) in [5, 5.41) is 8.60. The molecular weight excluding hydrogens is 388 g/mol. The van der Waals surface area contributed by atoms with Crippen LogP contribution in [0.4, 0.5) is 11.5 Å². The number of nitrogens with zero attached hydrogens (tertiary/aromatic N) is 3. The number of hydrogen-bond donors (Lipinski definition) is 1. The smallest absolute Gasteiger partial charge is 0.142 e. The monoisotopic (exact) mass is 414 g/mol. The van der Waals surface area contributed by atoms with E-state index in [4.69, 9.17) is 9.57 Å². The molecule has 2 aromatic carbocycles. The molecule has 0 aliphatic heterocycles. The number of fused-ring (bicyclic) bond motifs is 1. The molecule has 0 radical (unpaired) electrons. The third-order valence-electron chi connectivity index (χ3n) is 4.64. The average molecular weight is 415 g/mol. The molecule has 6 heteroatoms. The minimum atomic E-state index is 0.366. The summed E-state index contributed by atoms with van der Waals surface area (Å²) in [7, 11) is 1.63. The molecule has 0 aliphatic rings. The van der Waals surface area contributed by atoms with Gasteiger partial charge in [0.25, 0.3) is 0 Å². The van der Waals surface area contributed by atoms with Crippen LogP contribution in [-0.4, -0.2) is 29.4 Å². The fraction of sp³-hybridized carbons (Fsp3) is 0.160. The lowest BCUT2D eigenvalue weighted by Crippen LogP contribution is -2.03. The van der Waals surface area contributed by atoms with Crippen LogP contribution in [-0.2, 0) is 4.84 Å². The van der Waals surface area contributed by atoms with Crippen LogP contribution < -0.4 is 10.1 Å². The van der Waals surface area contributed by atoms with Gasteiger partial charge in [0.1, 0.15) is 24.5 Å². The number of ether oxygens (including phenoxy) is 1. The summed E-state index contributed by atoms with van der Waals surface area (Å²) in [4.78, 5) is 14.3. The number of allylic oxidation sites excluding steroid dienone is 3. The lowest BCUT2D eigenvalue weighted by atomic mass is 10.1. The largest absolute Gasteiger partial charge is 0.496 e. The first-order valence-corrected chi connectivity index (χ1v) is 9.92. The molecule has 6 nitrogen and oxygen atoms in total. The summed E-state index contributed by atoms with van der Waals surface area (Å²) in [5.41, 5.74) is 4.28. The predicted molar refractivity (Wildman–Crippen MR) is 127 cm³/mol. The quantitative estimate of drug-likeness (QED) is 0.272. The number of aromatic nitrogens is 2. The third kappa shape index (κ3) is 5.57. The molecule has 3 rings (SSSR count). The Morgan fingerprint density at radius 1 is 1.19 bits per heavy atom. The normalized spacial score (nSPS) is 12.2. The maximum absolute atomic E-state index is 5.55. The molecule has 158 valence electrons. The molecule has 0 fully saturated rings. The molecule has 0 saturated carbocycles. The molecule has 0 saturated heterocycles. The topological polar surface area (TPSA) is 68.6 Å². The van der Waals surface area contributed by atoms with E-state index >= 15 is 0 Å². The second-order valence-corrected chi connectivity index (χ2v) is 6.69. The van der Waals surface area contributed by atoms with Crippen LogP contribution in [0.25, 0.3) is 10.9 Å². The molecule has 0 amide bonds. The highest BCUT2D eigenvalue weighted by atomic mass is 16.6. The highest BCUT2D eigenvalue weighted by molar-refractivity contribution is 6.02. The summed E-state index contributed by atoms with van der Waals surface area (Å²) in [6, 6.07) is 13.7. The second kappa shape index (κ2) is 10.7. The van der Waals surface area contributed by atoms with Crippen molar-refractivity contribution >= 4 is 28.1 Å². The van der Waals surface area contributed by atoms with Crippen molar-refractivity contribution in [1.29, 1.82) is 0 Å². The van der Waals surface area contributed by atoms with Gasteiger partial charge in [0.15, 0.2) is 0 Å². The van der Waals surface area contributed by atoms with Crippen molar-refractivity contribution in [2.75, 3.05) is 19.0 Å². The summed E-state index contributed by atoms with van der Waals surface area (Å²) in [6.07, 6.45) is 9.05. The number of benzene rings is 2. The van der Waals surface area contributed by atoms with Crippen molar-refractivity contribution in [3.8, 4) is 5.75 Å². The Hall–Kier alpha value is -3.93. The van der Waals surface area contributed by atoms with E-state index in [1.54, 1.807) is 19.5 Å². The van der Waals surface area contributed by atoms with Crippen molar-refractivity contribution in [2.45, 2.75) is 13.8 Å². The van der Waals surface area contributed by atoms with Crippen LogP contribution in [0.5, 0.6) is 5.75 Å². The van der Waals surface area contributed by atoms with E-state index in [2.05, 4.69) is 27.0 Å². The Bertz CT molecular complexity index is 1140. The molecule has 31 heavy (non-hydrogen) atoms. The van der Waals surface area contributed by atoms with Crippen molar-refractivity contribution in [2.24, 2.45) is 5.16 Å². The third-order valence-corrected chi connectivity index (χ3v) is 4.64. The molecule has 1 heterocycles. The minimum Gasteiger partial charge on any atom is -0.496 e. The molecule has 3 aromatic rings. The summed E-state index contributed by atoms with van der Waals surface area (Å²) >= 11 is 0. The number of anilines is 2. The molecule has 1 N–H and O–H groups in total. The van der Waals surface area contributed by atoms with E-state index in [9.17, 15) is 0 Å². The van der Waals surface area contributed by atoms with E-state index in [1.165, 1.54) is 0 Å². The Balaban J connectivity index is 1.83. The molecule has 1 aromatic heterocycles. The van der Waals surface area contributed by atoms with Gasteiger partial charge in [-0.15, -0.1) is 0 Å². The molecule has 0 aliphatic carbocycles. The van der Waals surface area contributed by atoms with Gasteiger partial charge >= 0.3 is 0 Å². The molecular formula is C25H26N4O2. The van der Waals surface area contributed by atoms with Crippen LogP contribution in [0.15, 0.2) is 90.4 Å². The Morgan fingerprint density at radius 3 is 2.81 bits per heavy atom. The minimum absolute atomic E-state index is 0.366. The van der Waals surface area contributed by atoms with Crippen molar-refractivity contribution < 1.29 is 9.57 Å². The van der Waals surface area contributed by atoms with Crippen LogP contribution in [0.2, 0.25) is 0 Å². The fourth-order valence-corrected chi connectivity index (χ4v) is 2.98. The summed E-state index contributed by atoms with van der Waals surface area (Å²) in [5.74, 6) is 1.44. The molecule has 0 bridgehead atoms. The molecule has 0 atom stereocenters. The van der Waals surface area contributed by atoms with Gasteiger partial charge in [-0.25, -0.2) is 9.97 Å². The standard InChI is InChI=1S/C25H26N4O2/c1-5-7-10-19(6-2)16-31-29-18(3)22-15-20(13-14-24(22)30-4)28-25-21-11-8-9-12-23(21)26-17-27-25/h5-15,17H,1,16H2,2-4H3,(H,26,27,28)/b10-7-,19-6+,29-18+. The van der Waals surface area contributed by atoms with Gasteiger partial charge in [0.05, 0.1) is 18.3 Å². The zero-order valence-corrected chi connectivity index (χ0v) is 18.0. The van der Waals surface area contributed by atoms with Crippen LogP contribution >= 0.6 is 0 Å². The van der Waals surface area contributed by atoms with Gasteiger partial charge < -0.3 is 14.9 Å². The zero-order chi connectivity index (χ0) is 22.1. The fourth-order valence-electron chi connectivity index (χ4n) is 2.98. The second-order valence-electron chi connectivity index (χ2n) is 6.69. The number of rotatable bonds is 9. The van der Waals surface area contributed by atoms with Gasteiger partial charge in [-0.05, 0) is 49.8 Å². The van der Waals surface area contributed by atoms with Gasteiger partial charge in [-0.2, -0.15) is 0 Å². The summed E-state index contributed by atoms with van der Waals surface area (Å²) < 4.78 is 5.52. The number of para-hydroxylation sites is 1. The molecule has 0 unspecified atom stereocenters. The Labute approximate surface area is 182 Å². The zero-order valence-electron chi connectivity index (χ0n) is 18.0. The van der Waals surface area contributed by atoms with Crippen molar-refractivity contribution in [3.05, 3.63) is 90.8 Å². The Morgan fingerprint density at radius 2 is 2.03 bits per heavy atom. The first-order chi connectivity index (χ1) is 15.2. The maximum Gasteiger partial charge on any atom is 0.142 e. The van der Waals surface area contributed by atoms with Crippen LogP contribution in [0, 0.1) is 0 Å². The van der Waals surface area contributed by atoms with E-state index in [0.29, 0.717) is 18.1 Å². The lowest BCUT2D eigenvalue weighted by molar-refractivity contribution is 0.170. The van der Waals surface area contributed by atoms with Gasteiger partial charge in [0, 0.05) is 16.6 Å². The van der Waals surface area contributed by atoms with E-state index < -0.39 is 0 Å². The summed E-state index contributed by atoms with van der Waals surface area (Å²) in [6.45, 7) is 7.89.